The average molecular weight is 335 g/mol. The van der Waals surface area contributed by atoms with Crippen molar-refractivity contribution in [3.05, 3.63) is 71.9 Å². The number of nitrogens with one attached hydrogen (secondary N) is 2. The smallest absolute Gasteiger partial charge is 0.221 e. The van der Waals surface area contributed by atoms with Crippen molar-refractivity contribution >= 4 is 11.6 Å². The maximum Gasteiger partial charge on any atom is 0.221 e. The molecule has 0 saturated heterocycles. The summed E-state index contributed by atoms with van der Waals surface area (Å²) in [5, 5.41) is 10.3. The molecule has 0 radical (unpaired) electrons. The van der Waals surface area contributed by atoms with Crippen molar-refractivity contribution in [3.8, 4) is 11.3 Å². The molecule has 1 heterocycles. The number of carbonyl (C=O) groups is 1. The second-order valence-corrected chi connectivity index (χ2v) is 5.96. The number of anilines is 1. The summed E-state index contributed by atoms with van der Waals surface area (Å²) in [6, 6.07) is 19.8. The van der Waals surface area contributed by atoms with Gasteiger partial charge >= 0.3 is 0 Å². The maximum absolute atomic E-state index is 11.2. The lowest BCUT2D eigenvalue weighted by atomic mass is 10.1. The lowest BCUT2D eigenvalue weighted by molar-refractivity contribution is -0.114. The van der Waals surface area contributed by atoms with E-state index in [9.17, 15) is 4.79 Å². The fourth-order valence-electron chi connectivity index (χ4n) is 2.60. The number of nitrogens with zero attached hydrogens (tertiary/aromatic N) is 1. The van der Waals surface area contributed by atoms with Gasteiger partial charge in [-0.25, -0.2) is 0 Å². The van der Waals surface area contributed by atoms with Crippen LogP contribution >= 0.6 is 0 Å². The summed E-state index contributed by atoms with van der Waals surface area (Å²) in [7, 11) is 0. The van der Waals surface area contributed by atoms with Gasteiger partial charge in [0.05, 0.1) is 5.69 Å². The van der Waals surface area contributed by atoms with E-state index in [1.54, 1.807) is 0 Å². The molecule has 2 N–H and O–H groups in total. The SMILES string of the molecule is CC(=O)Nc1cccc(C(C)NCc2cc(-c3ccccc3)on2)c1. The van der Waals surface area contributed by atoms with E-state index in [1.807, 2.05) is 60.7 Å². The molecular weight excluding hydrogens is 314 g/mol. The molecule has 128 valence electrons. The number of rotatable bonds is 6. The molecule has 0 aliphatic carbocycles. The second kappa shape index (κ2) is 7.77. The number of benzene rings is 2. The molecule has 5 nitrogen and oxygen atoms in total. The summed E-state index contributed by atoms with van der Waals surface area (Å²) in [6.07, 6.45) is 0. The molecule has 2 aromatic carbocycles. The fraction of sp³-hybridized carbons (Fsp3) is 0.200. The summed E-state index contributed by atoms with van der Waals surface area (Å²) in [5.41, 5.74) is 3.76. The van der Waals surface area contributed by atoms with Crippen LogP contribution in [-0.2, 0) is 11.3 Å². The molecule has 5 heteroatoms. The van der Waals surface area contributed by atoms with Gasteiger partial charge in [0.2, 0.25) is 5.91 Å². The van der Waals surface area contributed by atoms with Crippen LogP contribution in [0, 0.1) is 0 Å². The standard InChI is InChI=1S/C20H21N3O2/c1-14(17-9-6-10-18(11-17)22-15(2)24)21-13-19-12-20(25-23-19)16-7-4-3-5-8-16/h3-12,14,21H,13H2,1-2H3,(H,22,24). The van der Waals surface area contributed by atoms with Crippen LogP contribution in [0.3, 0.4) is 0 Å². The molecule has 1 aromatic heterocycles. The van der Waals surface area contributed by atoms with Crippen molar-refractivity contribution in [1.29, 1.82) is 0 Å². The number of hydrogen-bond donors (Lipinski definition) is 2. The maximum atomic E-state index is 11.2. The number of carbonyl (C=O) groups excluding carboxylic acids is 1. The zero-order valence-electron chi connectivity index (χ0n) is 14.3. The molecular formula is C20H21N3O2. The van der Waals surface area contributed by atoms with Crippen molar-refractivity contribution in [1.82, 2.24) is 10.5 Å². The Balaban J connectivity index is 1.62. The summed E-state index contributed by atoms with van der Waals surface area (Å²) in [6.45, 7) is 4.18. The molecule has 0 bridgehead atoms. The first-order valence-electron chi connectivity index (χ1n) is 8.24. The van der Waals surface area contributed by atoms with Crippen LogP contribution in [0.1, 0.15) is 31.1 Å². The molecule has 3 aromatic rings. The molecule has 0 fully saturated rings. The number of aromatic nitrogens is 1. The zero-order valence-corrected chi connectivity index (χ0v) is 14.3. The lowest BCUT2D eigenvalue weighted by Crippen LogP contribution is -2.18. The van der Waals surface area contributed by atoms with Gasteiger partial charge in [0.1, 0.15) is 0 Å². The molecule has 25 heavy (non-hydrogen) atoms. The highest BCUT2D eigenvalue weighted by molar-refractivity contribution is 5.88. The average Bonchev–Trinajstić information content (AvgIpc) is 3.09. The van der Waals surface area contributed by atoms with E-state index in [1.165, 1.54) is 6.92 Å². The first-order chi connectivity index (χ1) is 12.1. The van der Waals surface area contributed by atoms with Crippen LogP contribution in [0.25, 0.3) is 11.3 Å². The highest BCUT2D eigenvalue weighted by Crippen LogP contribution is 2.21. The first kappa shape index (κ1) is 16.9. The third-order valence-electron chi connectivity index (χ3n) is 3.91. The molecule has 0 saturated carbocycles. The van der Waals surface area contributed by atoms with Gasteiger partial charge in [0, 0.05) is 36.8 Å². The van der Waals surface area contributed by atoms with Gasteiger partial charge in [-0.2, -0.15) is 0 Å². The Bertz CT molecular complexity index is 843. The van der Waals surface area contributed by atoms with Gasteiger partial charge in [-0.3, -0.25) is 4.79 Å². The van der Waals surface area contributed by atoms with Crippen molar-refractivity contribution < 1.29 is 9.32 Å². The molecule has 1 unspecified atom stereocenters. The van der Waals surface area contributed by atoms with Crippen LogP contribution in [0.4, 0.5) is 5.69 Å². The van der Waals surface area contributed by atoms with Gasteiger partial charge in [-0.05, 0) is 24.6 Å². The summed E-state index contributed by atoms with van der Waals surface area (Å²) < 4.78 is 5.41. The van der Waals surface area contributed by atoms with Gasteiger partial charge < -0.3 is 15.2 Å². The third-order valence-corrected chi connectivity index (χ3v) is 3.91. The summed E-state index contributed by atoms with van der Waals surface area (Å²) in [4.78, 5) is 11.2. The van der Waals surface area contributed by atoms with Crippen molar-refractivity contribution in [3.63, 3.8) is 0 Å². The number of hydrogen-bond acceptors (Lipinski definition) is 4. The highest BCUT2D eigenvalue weighted by atomic mass is 16.5. The van der Waals surface area contributed by atoms with E-state index >= 15 is 0 Å². The Morgan fingerprint density at radius 2 is 1.92 bits per heavy atom. The van der Waals surface area contributed by atoms with Gasteiger partial charge in [0.25, 0.3) is 0 Å². The topological polar surface area (TPSA) is 67.2 Å². The summed E-state index contributed by atoms with van der Waals surface area (Å²) >= 11 is 0. The van der Waals surface area contributed by atoms with Crippen LogP contribution in [0.15, 0.2) is 65.2 Å². The van der Waals surface area contributed by atoms with E-state index < -0.39 is 0 Å². The Morgan fingerprint density at radius 3 is 2.68 bits per heavy atom. The van der Waals surface area contributed by atoms with Crippen LogP contribution in [-0.4, -0.2) is 11.1 Å². The third kappa shape index (κ3) is 4.55. The minimum absolute atomic E-state index is 0.0752. The van der Waals surface area contributed by atoms with E-state index in [4.69, 9.17) is 4.52 Å². The van der Waals surface area contributed by atoms with Crippen LogP contribution < -0.4 is 10.6 Å². The largest absolute Gasteiger partial charge is 0.356 e. The van der Waals surface area contributed by atoms with Crippen LogP contribution in [0.2, 0.25) is 0 Å². The van der Waals surface area contributed by atoms with E-state index in [-0.39, 0.29) is 11.9 Å². The van der Waals surface area contributed by atoms with E-state index in [0.717, 1.165) is 28.3 Å². The Labute approximate surface area is 147 Å². The molecule has 1 atom stereocenters. The lowest BCUT2D eigenvalue weighted by Gasteiger charge is -2.14. The normalized spacial score (nSPS) is 11.9. The Kier molecular flexibility index (Phi) is 5.26. The zero-order chi connectivity index (χ0) is 17.6. The summed E-state index contributed by atoms with van der Waals surface area (Å²) in [5.74, 6) is 0.687. The molecule has 0 spiro atoms. The van der Waals surface area contributed by atoms with Gasteiger partial charge in [0.15, 0.2) is 5.76 Å². The first-order valence-corrected chi connectivity index (χ1v) is 8.24. The highest BCUT2D eigenvalue weighted by Gasteiger charge is 2.10. The molecule has 0 aliphatic rings. The van der Waals surface area contributed by atoms with E-state index in [0.29, 0.717) is 6.54 Å². The quantitative estimate of drug-likeness (QED) is 0.710. The predicted molar refractivity (Wildman–Crippen MR) is 97.9 cm³/mol. The minimum Gasteiger partial charge on any atom is -0.356 e. The minimum atomic E-state index is -0.0752. The van der Waals surface area contributed by atoms with Crippen LogP contribution in [0.5, 0.6) is 0 Å². The van der Waals surface area contributed by atoms with Gasteiger partial charge in [-0.1, -0.05) is 47.6 Å². The molecule has 3 rings (SSSR count). The Morgan fingerprint density at radius 1 is 1.12 bits per heavy atom. The molecule has 0 aliphatic heterocycles. The van der Waals surface area contributed by atoms with Crippen molar-refractivity contribution in [2.75, 3.05) is 5.32 Å². The van der Waals surface area contributed by atoms with Gasteiger partial charge in [-0.15, -0.1) is 0 Å². The molecule has 1 amide bonds. The Hall–Kier alpha value is -2.92. The predicted octanol–water partition coefficient (Wildman–Crippen LogP) is 4.15. The van der Waals surface area contributed by atoms with Crippen molar-refractivity contribution in [2.45, 2.75) is 26.4 Å². The van der Waals surface area contributed by atoms with Crippen molar-refractivity contribution in [2.24, 2.45) is 0 Å². The fourth-order valence-corrected chi connectivity index (χ4v) is 2.60. The number of amides is 1. The monoisotopic (exact) mass is 335 g/mol. The van der Waals surface area contributed by atoms with E-state index in [2.05, 4.69) is 22.7 Å². The second-order valence-electron chi connectivity index (χ2n) is 5.96.